The number of hydrogen-bond donors (Lipinski definition) is 1. The Balaban J connectivity index is 5.49. The van der Waals surface area contributed by atoms with Gasteiger partial charge in [0.25, 0.3) is 0 Å². The summed E-state index contributed by atoms with van der Waals surface area (Å²) in [6, 6.07) is -1.66. The van der Waals surface area contributed by atoms with Crippen molar-refractivity contribution in [3.63, 3.8) is 0 Å². The minimum Gasteiger partial charge on any atom is -0.459 e. The maximum Gasteiger partial charge on any atom is 0.325 e. The summed E-state index contributed by atoms with van der Waals surface area (Å²) in [5.74, 6) is -2.31. The maximum absolute atomic E-state index is 14.6. The van der Waals surface area contributed by atoms with Gasteiger partial charge in [-0.15, -0.1) is 0 Å². The normalized spacial score (nSPS) is 12.8. The Kier molecular flexibility index (Phi) is 44.5. The molecule has 0 saturated heterocycles. The van der Waals surface area contributed by atoms with E-state index in [1.54, 1.807) is 20.8 Å². The van der Waals surface area contributed by atoms with E-state index >= 15 is 0 Å². The first-order chi connectivity index (χ1) is 32.5. The van der Waals surface area contributed by atoms with Crippen LogP contribution in [-0.4, -0.2) is 35.0 Å². The van der Waals surface area contributed by atoms with Gasteiger partial charge < -0.3 is 10.5 Å². The van der Waals surface area contributed by atoms with Crippen LogP contribution in [0.2, 0.25) is 0 Å². The van der Waals surface area contributed by atoms with Crippen molar-refractivity contribution in [2.24, 2.45) is 11.1 Å². The van der Waals surface area contributed by atoms with Crippen molar-refractivity contribution < 1.29 is 23.9 Å². The van der Waals surface area contributed by atoms with Gasteiger partial charge in [-0.05, 0) is 117 Å². The average Bonchev–Trinajstić information content (AvgIpc) is 3.29. The molecule has 0 spiro atoms. The number of carbonyl (C=O) groups excluding carboxylic acids is 4. The van der Waals surface area contributed by atoms with Crippen LogP contribution in [0.25, 0.3) is 0 Å². The third kappa shape index (κ3) is 36.3. The van der Waals surface area contributed by atoms with E-state index in [0.29, 0.717) is 19.3 Å². The highest BCUT2D eigenvalue weighted by Crippen LogP contribution is 2.34. The van der Waals surface area contributed by atoms with Crippen molar-refractivity contribution in [1.29, 1.82) is 0 Å². The standard InChI is InChI=1S/C61H111NO5/c1-7-10-13-16-19-22-25-28-31-34-37-40-43-46-49-52-55(63)61(58(62)59(66)67-60(4,5)6,56(64)53-50-47-44-41-38-35-32-29-26-23-20-17-14-11-8-2)57(65)54-51-48-45-42-39-36-33-30-27-24-21-18-15-12-9-3/h28-33,58H,7-27,34-54,62H2,1-6H3/b31-28-,32-29-,33-30-. The van der Waals surface area contributed by atoms with Gasteiger partial charge in [-0.3, -0.25) is 19.2 Å². The van der Waals surface area contributed by atoms with E-state index < -0.39 is 40.4 Å². The van der Waals surface area contributed by atoms with Crippen LogP contribution in [0.15, 0.2) is 36.5 Å². The molecule has 6 heteroatoms. The van der Waals surface area contributed by atoms with Crippen LogP contribution in [0.1, 0.15) is 311 Å². The lowest BCUT2D eigenvalue weighted by Gasteiger charge is -2.35. The molecule has 0 bridgehead atoms. The molecule has 0 radical (unpaired) electrons. The molecule has 0 amide bonds. The van der Waals surface area contributed by atoms with E-state index in [1.165, 1.54) is 116 Å². The Morgan fingerprint density at radius 1 is 0.358 bits per heavy atom. The zero-order valence-corrected chi connectivity index (χ0v) is 45.4. The van der Waals surface area contributed by atoms with Gasteiger partial charge in [0.15, 0.2) is 22.8 Å². The number of allylic oxidation sites excluding steroid dienone is 6. The lowest BCUT2D eigenvalue weighted by molar-refractivity contribution is -0.168. The molecule has 0 rings (SSSR count). The number of ether oxygens (including phenoxy) is 1. The Labute approximate surface area is 416 Å². The first kappa shape index (κ1) is 64.7. The highest BCUT2D eigenvalue weighted by molar-refractivity contribution is 6.27. The highest BCUT2D eigenvalue weighted by Gasteiger charge is 2.57. The minimum atomic E-state index is -2.20. The van der Waals surface area contributed by atoms with Crippen molar-refractivity contribution in [1.82, 2.24) is 0 Å². The number of rotatable bonds is 50. The van der Waals surface area contributed by atoms with Crippen LogP contribution < -0.4 is 5.73 Å². The second kappa shape index (κ2) is 46.1. The molecular weight excluding hydrogens is 827 g/mol. The molecular formula is C61H111NO5. The van der Waals surface area contributed by atoms with Crippen molar-refractivity contribution in [3.8, 4) is 0 Å². The van der Waals surface area contributed by atoms with Gasteiger partial charge in [0.1, 0.15) is 11.6 Å². The van der Waals surface area contributed by atoms with Crippen LogP contribution in [-0.2, 0) is 23.9 Å². The summed E-state index contributed by atoms with van der Waals surface area (Å²) in [6.45, 7) is 12.0. The molecule has 390 valence electrons. The zero-order valence-electron chi connectivity index (χ0n) is 45.4. The predicted molar refractivity (Wildman–Crippen MR) is 290 cm³/mol. The fraction of sp³-hybridized carbons (Fsp3) is 0.836. The maximum atomic E-state index is 14.6. The second-order valence-corrected chi connectivity index (χ2v) is 21.1. The number of nitrogens with two attached hydrogens (primary N) is 1. The van der Waals surface area contributed by atoms with Gasteiger partial charge >= 0.3 is 5.97 Å². The number of esters is 1. The summed E-state index contributed by atoms with van der Waals surface area (Å²) in [7, 11) is 0. The summed E-state index contributed by atoms with van der Waals surface area (Å²) < 4.78 is 5.71. The summed E-state index contributed by atoms with van der Waals surface area (Å²) >= 11 is 0. The molecule has 0 saturated carbocycles. The van der Waals surface area contributed by atoms with Crippen molar-refractivity contribution in [2.75, 3.05) is 0 Å². The molecule has 0 aromatic carbocycles. The fourth-order valence-corrected chi connectivity index (χ4v) is 9.19. The minimum absolute atomic E-state index is 0.0604. The van der Waals surface area contributed by atoms with E-state index in [1.807, 2.05) is 0 Å². The SMILES string of the molecule is CCCCCCCC/C=C\CCCCCCCC(=O)C(C(=O)CCCCCCC/C=C\CCCCCCCC)(C(=O)CCCCCCC/C=C\CCCCCCCC)C(N)C(=O)OC(C)(C)C. The van der Waals surface area contributed by atoms with Crippen LogP contribution in [0.4, 0.5) is 0 Å². The number of carbonyl (C=O) groups is 4. The van der Waals surface area contributed by atoms with Gasteiger partial charge in [0.2, 0.25) is 0 Å². The van der Waals surface area contributed by atoms with Crippen molar-refractivity contribution >= 4 is 23.3 Å². The molecule has 1 unspecified atom stereocenters. The highest BCUT2D eigenvalue weighted by atomic mass is 16.6. The Morgan fingerprint density at radius 2 is 0.567 bits per heavy atom. The second-order valence-electron chi connectivity index (χ2n) is 21.1. The smallest absolute Gasteiger partial charge is 0.325 e. The number of unbranched alkanes of at least 4 members (excludes halogenated alkanes) is 33. The van der Waals surface area contributed by atoms with Crippen LogP contribution in [0.5, 0.6) is 0 Å². The molecule has 6 nitrogen and oxygen atoms in total. The molecule has 0 fully saturated rings. The van der Waals surface area contributed by atoms with Gasteiger partial charge in [0.05, 0.1) is 0 Å². The first-order valence-electron chi connectivity index (χ1n) is 29.0. The van der Waals surface area contributed by atoms with Crippen LogP contribution in [0.3, 0.4) is 0 Å². The molecule has 67 heavy (non-hydrogen) atoms. The molecule has 0 aliphatic rings. The third-order valence-electron chi connectivity index (χ3n) is 13.4. The van der Waals surface area contributed by atoms with E-state index in [2.05, 4.69) is 57.2 Å². The third-order valence-corrected chi connectivity index (χ3v) is 13.4. The first-order valence-corrected chi connectivity index (χ1v) is 29.0. The summed E-state index contributed by atoms with van der Waals surface area (Å²) in [4.78, 5) is 57.4. The number of hydrogen-bond acceptors (Lipinski definition) is 6. The largest absolute Gasteiger partial charge is 0.459 e. The molecule has 0 heterocycles. The van der Waals surface area contributed by atoms with Gasteiger partial charge in [0, 0.05) is 19.3 Å². The summed E-state index contributed by atoms with van der Waals surface area (Å²) in [5, 5.41) is 0. The summed E-state index contributed by atoms with van der Waals surface area (Å²) in [6.07, 6.45) is 58.2. The molecule has 0 aliphatic carbocycles. The van der Waals surface area contributed by atoms with Gasteiger partial charge in [-0.1, -0.05) is 211 Å². The molecule has 0 aromatic rings. The lowest BCUT2D eigenvalue weighted by atomic mass is 9.66. The van der Waals surface area contributed by atoms with Crippen LogP contribution >= 0.6 is 0 Å². The van der Waals surface area contributed by atoms with Crippen molar-refractivity contribution in [3.05, 3.63) is 36.5 Å². The topological polar surface area (TPSA) is 104 Å². The quantitative estimate of drug-likeness (QED) is 0.0282. The molecule has 1 atom stereocenters. The predicted octanol–water partition coefficient (Wildman–Crippen LogP) is 18.5. The summed E-state index contributed by atoms with van der Waals surface area (Å²) in [5.41, 5.74) is 3.63. The Morgan fingerprint density at radius 3 is 0.791 bits per heavy atom. The molecule has 2 N–H and O–H groups in total. The van der Waals surface area contributed by atoms with E-state index in [9.17, 15) is 19.2 Å². The number of Topliss-reactive ketones (excluding diaryl/α,β-unsaturated/α-hetero) is 3. The monoisotopic (exact) mass is 938 g/mol. The van der Waals surface area contributed by atoms with Crippen LogP contribution in [0, 0.1) is 5.41 Å². The zero-order chi connectivity index (χ0) is 49.5. The van der Waals surface area contributed by atoms with E-state index in [-0.39, 0.29) is 19.3 Å². The molecule has 0 aliphatic heterocycles. The lowest BCUT2D eigenvalue weighted by Crippen LogP contribution is -2.62. The van der Waals surface area contributed by atoms with E-state index in [0.717, 1.165) is 116 Å². The molecule has 0 aromatic heterocycles. The van der Waals surface area contributed by atoms with Gasteiger partial charge in [-0.2, -0.15) is 0 Å². The number of ketones is 3. The Hall–Kier alpha value is -2.34. The Bertz CT molecular complexity index is 1150. The average molecular weight is 939 g/mol. The van der Waals surface area contributed by atoms with Gasteiger partial charge in [-0.25, -0.2) is 0 Å². The fourth-order valence-electron chi connectivity index (χ4n) is 9.19. The van der Waals surface area contributed by atoms with Crippen molar-refractivity contribution in [2.45, 2.75) is 323 Å². The van der Waals surface area contributed by atoms with E-state index in [4.69, 9.17) is 10.5 Å².